The number of nitrogens with one attached hydrogen (secondary N) is 1. The summed E-state index contributed by atoms with van der Waals surface area (Å²) >= 11 is 6.07. The number of amides is 1. The maximum atomic E-state index is 12.3. The van der Waals surface area contributed by atoms with Gasteiger partial charge >= 0.3 is 0 Å². The van der Waals surface area contributed by atoms with E-state index in [-0.39, 0.29) is 11.6 Å². The quantitative estimate of drug-likeness (QED) is 0.753. The van der Waals surface area contributed by atoms with Crippen LogP contribution in [-0.2, 0) is 0 Å². The SMILES string of the molecule is Cc1ccc(NC(=O)c2ccc(N(C)c3ccccc3)nn2)cc1Cl. The highest BCUT2D eigenvalue weighted by atomic mass is 35.5. The number of aryl methyl sites for hydroxylation is 1. The monoisotopic (exact) mass is 352 g/mol. The number of halogens is 1. The number of rotatable bonds is 4. The molecule has 0 bridgehead atoms. The number of carbonyl (C=O) groups excluding carboxylic acids is 1. The Morgan fingerprint density at radius 3 is 2.44 bits per heavy atom. The van der Waals surface area contributed by atoms with Gasteiger partial charge in [0.1, 0.15) is 0 Å². The number of para-hydroxylation sites is 1. The fourth-order valence-electron chi connectivity index (χ4n) is 2.27. The molecule has 3 aromatic rings. The Balaban J connectivity index is 1.73. The fourth-order valence-corrected chi connectivity index (χ4v) is 2.46. The first-order valence-corrected chi connectivity index (χ1v) is 8.12. The molecule has 126 valence electrons. The van der Waals surface area contributed by atoms with E-state index < -0.39 is 0 Å². The zero-order chi connectivity index (χ0) is 17.8. The Bertz CT molecular complexity index is 882. The lowest BCUT2D eigenvalue weighted by Gasteiger charge is -2.17. The summed E-state index contributed by atoms with van der Waals surface area (Å²) in [4.78, 5) is 14.2. The molecule has 2 aromatic carbocycles. The third kappa shape index (κ3) is 3.95. The molecule has 1 heterocycles. The summed E-state index contributed by atoms with van der Waals surface area (Å²) in [6.45, 7) is 1.90. The number of carbonyl (C=O) groups is 1. The Hall–Kier alpha value is -2.92. The van der Waals surface area contributed by atoms with E-state index in [0.29, 0.717) is 16.5 Å². The summed E-state index contributed by atoms with van der Waals surface area (Å²) in [6, 6.07) is 18.6. The molecule has 1 aromatic heterocycles. The molecule has 0 saturated heterocycles. The highest BCUT2D eigenvalue weighted by molar-refractivity contribution is 6.31. The van der Waals surface area contributed by atoms with Crippen LogP contribution in [-0.4, -0.2) is 23.2 Å². The second-order valence-corrected chi connectivity index (χ2v) is 6.00. The average Bonchev–Trinajstić information content (AvgIpc) is 2.65. The van der Waals surface area contributed by atoms with Crippen LogP contribution >= 0.6 is 11.6 Å². The van der Waals surface area contributed by atoms with Crippen LogP contribution in [0.15, 0.2) is 60.7 Å². The van der Waals surface area contributed by atoms with Gasteiger partial charge in [0.05, 0.1) is 0 Å². The topological polar surface area (TPSA) is 58.1 Å². The van der Waals surface area contributed by atoms with E-state index in [1.165, 1.54) is 0 Å². The molecule has 0 aliphatic rings. The summed E-state index contributed by atoms with van der Waals surface area (Å²) in [5, 5.41) is 11.5. The van der Waals surface area contributed by atoms with Gasteiger partial charge in [0.25, 0.3) is 5.91 Å². The lowest BCUT2D eigenvalue weighted by Crippen LogP contribution is -2.16. The Kier molecular flexibility index (Phi) is 4.95. The standard InChI is InChI=1S/C19H17ClN4O/c1-13-8-9-14(12-16(13)20)21-19(25)17-10-11-18(23-22-17)24(2)15-6-4-3-5-7-15/h3-12H,1-2H3,(H,21,25). The minimum Gasteiger partial charge on any atom is -0.328 e. The van der Waals surface area contributed by atoms with E-state index in [1.54, 1.807) is 24.3 Å². The third-order valence-corrected chi connectivity index (χ3v) is 4.21. The molecule has 1 N–H and O–H groups in total. The number of nitrogens with zero attached hydrogens (tertiary/aromatic N) is 3. The zero-order valence-electron chi connectivity index (χ0n) is 13.9. The first-order valence-electron chi connectivity index (χ1n) is 7.74. The summed E-state index contributed by atoms with van der Waals surface area (Å²) in [5.74, 6) is 0.322. The lowest BCUT2D eigenvalue weighted by molar-refractivity contribution is 0.102. The van der Waals surface area contributed by atoms with Gasteiger partial charge in [-0.15, -0.1) is 10.2 Å². The molecule has 25 heavy (non-hydrogen) atoms. The molecule has 0 aliphatic heterocycles. The highest BCUT2D eigenvalue weighted by Gasteiger charge is 2.11. The van der Waals surface area contributed by atoms with Crippen molar-refractivity contribution in [2.24, 2.45) is 0 Å². The molecule has 0 saturated carbocycles. The van der Waals surface area contributed by atoms with Crippen LogP contribution in [0, 0.1) is 6.92 Å². The molecule has 0 spiro atoms. The van der Waals surface area contributed by atoms with Crippen molar-refractivity contribution in [3.8, 4) is 0 Å². The molecular formula is C19H17ClN4O. The maximum Gasteiger partial charge on any atom is 0.276 e. The van der Waals surface area contributed by atoms with E-state index in [1.807, 2.05) is 55.3 Å². The largest absolute Gasteiger partial charge is 0.328 e. The van der Waals surface area contributed by atoms with Gasteiger partial charge in [-0.05, 0) is 48.9 Å². The van der Waals surface area contributed by atoms with Crippen molar-refractivity contribution in [2.45, 2.75) is 6.92 Å². The van der Waals surface area contributed by atoms with Crippen molar-refractivity contribution in [2.75, 3.05) is 17.3 Å². The van der Waals surface area contributed by atoms with Gasteiger partial charge in [-0.2, -0.15) is 0 Å². The van der Waals surface area contributed by atoms with Gasteiger partial charge in [0.2, 0.25) is 0 Å². The second-order valence-electron chi connectivity index (χ2n) is 5.59. The van der Waals surface area contributed by atoms with Crippen LogP contribution < -0.4 is 10.2 Å². The Morgan fingerprint density at radius 1 is 1.04 bits per heavy atom. The van der Waals surface area contributed by atoms with Crippen molar-refractivity contribution < 1.29 is 4.79 Å². The molecular weight excluding hydrogens is 336 g/mol. The van der Waals surface area contributed by atoms with E-state index in [2.05, 4.69) is 15.5 Å². The van der Waals surface area contributed by atoms with E-state index in [9.17, 15) is 4.79 Å². The van der Waals surface area contributed by atoms with E-state index in [0.717, 1.165) is 11.3 Å². The number of anilines is 3. The molecule has 0 fully saturated rings. The first kappa shape index (κ1) is 16.9. The lowest BCUT2D eigenvalue weighted by atomic mass is 10.2. The minimum atomic E-state index is -0.332. The van der Waals surface area contributed by atoms with Crippen molar-refractivity contribution in [3.05, 3.63) is 76.9 Å². The summed E-state index contributed by atoms with van der Waals surface area (Å²) in [6.07, 6.45) is 0. The first-order chi connectivity index (χ1) is 12.0. The van der Waals surface area contributed by atoms with Gasteiger partial charge in [-0.1, -0.05) is 35.9 Å². The van der Waals surface area contributed by atoms with Crippen LogP contribution in [0.4, 0.5) is 17.2 Å². The van der Waals surface area contributed by atoms with Crippen molar-refractivity contribution in [3.63, 3.8) is 0 Å². The van der Waals surface area contributed by atoms with Crippen LogP contribution in [0.25, 0.3) is 0 Å². The molecule has 0 radical (unpaired) electrons. The smallest absolute Gasteiger partial charge is 0.276 e. The predicted octanol–water partition coefficient (Wildman–Crippen LogP) is 4.46. The highest BCUT2D eigenvalue weighted by Crippen LogP contribution is 2.22. The summed E-state index contributed by atoms with van der Waals surface area (Å²) < 4.78 is 0. The predicted molar refractivity (Wildman–Crippen MR) is 101 cm³/mol. The van der Waals surface area contributed by atoms with Crippen molar-refractivity contribution >= 4 is 34.7 Å². The molecule has 3 rings (SSSR count). The fraction of sp³-hybridized carbons (Fsp3) is 0.105. The molecule has 0 unspecified atom stereocenters. The number of benzene rings is 2. The molecule has 6 heteroatoms. The Labute approximate surface area is 151 Å². The molecule has 1 amide bonds. The zero-order valence-corrected chi connectivity index (χ0v) is 14.7. The average molecular weight is 353 g/mol. The van der Waals surface area contributed by atoms with Crippen LogP contribution in [0.2, 0.25) is 5.02 Å². The minimum absolute atomic E-state index is 0.238. The maximum absolute atomic E-state index is 12.3. The van der Waals surface area contributed by atoms with E-state index >= 15 is 0 Å². The van der Waals surface area contributed by atoms with Gasteiger partial charge in [0.15, 0.2) is 11.5 Å². The van der Waals surface area contributed by atoms with Crippen molar-refractivity contribution in [1.82, 2.24) is 10.2 Å². The third-order valence-electron chi connectivity index (χ3n) is 3.80. The van der Waals surface area contributed by atoms with Gasteiger partial charge < -0.3 is 10.2 Å². The molecule has 0 atom stereocenters. The normalized spacial score (nSPS) is 10.4. The second kappa shape index (κ2) is 7.32. The van der Waals surface area contributed by atoms with Gasteiger partial charge in [-0.3, -0.25) is 4.79 Å². The van der Waals surface area contributed by atoms with Crippen LogP contribution in [0.1, 0.15) is 16.1 Å². The number of hydrogen-bond acceptors (Lipinski definition) is 4. The molecule has 5 nitrogen and oxygen atoms in total. The van der Waals surface area contributed by atoms with Gasteiger partial charge in [-0.25, -0.2) is 0 Å². The summed E-state index contributed by atoms with van der Waals surface area (Å²) in [5.41, 5.74) is 2.80. The molecule has 0 aliphatic carbocycles. The van der Waals surface area contributed by atoms with Crippen molar-refractivity contribution in [1.29, 1.82) is 0 Å². The Morgan fingerprint density at radius 2 is 1.80 bits per heavy atom. The van der Waals surface area contributed by atoms with Crippen LogP contribution in [0.3, 0.4) is 0 Å². The van der Waals surface area contributed by atoms with Crippen LogP contribution in [0.5, 0.6) is 0 Å². The number of aromatic nitrogens is 2. The number of hydrogen-bond donors (Lipinski definition) is 1. The summed E-state index contributed by atoms with van der Waals surface area (Å²) in [7, 11) is 1.90. The van der Waals surface area contributed by atoms with E-state index in [4.69, 9.17) is 11.6 Å². The van der Waals surface area contributed by atoms with Gasteiger partial charge in [0, 0.05) is 23.4 Å².